The van der Waals surface area contributed by atoms with Crippen molar-refractivity contribution in [2.75, 3.05) is 36.8 Å². The summed E-state index contributed by atoms with van der Waals surface area (Å²) in [6.07, 6.45) is 5.39. The monoisotopic (exact) mass is 341 g/mol. The fourth-order valence-corrected chi connectivity index (χ4v) is 2.70. The van der Waals surface area contributed by atoms with Crippen LogP contribution in [0.2, 0.25) is 0 Å². The van der Waals surface area contributed by atoms with Gasteiger partial charge < -0.3 is 10.6 Å². The third-order valence-corrected chi connectivity index (χ3v) is 4.24. The van der Waals surface area contributed by atoms with Crippen LogP contribution in [0.1, 0.15) is 33.1 Å². The zero-order valence-corrected chi connectivity index (χ0v) is 13.9. The molecule has 1 heterocycles. The first-order chi connectivity index (χ1) is 9.76. The Bertz CT molecular complexity index is 422. The molecule has 0 amide bonds. The molecule has 1 fully saturated rings. The van der Waals surface area contributed by atoms with Gasteiger partial charge in [0.2, 0.25) is 0 Å². The third kappa shape index (κ3) is 4.31. The summed E-state index contributed by atoms with van der Waals surface area (Å²) < 4.78 is 0.919. The number of nitrogens with zero attached hydrogens (tertiary/aromatic N) is 3. The maximum atomic E-state index is 4.30. The molecule has 1 aliphatic rings. The second kappa shape index (κ2) is 7.78. The second-order valence-corrected chi connectivity index (χ2v) is 5.89. The molecule has 2 rings (SSSR count). The Balaban J connectivity index is 1.85. The SMILES string of the molecule is CCCNc1ncnc(NCCN(CC)C2CC2)c1Br. The van der Waals surface area contributed by atoms with Gasteiger partial charge in [-0.2, -0.15) is 0 Å². The average Bonchev–Trinajstić information content (AvgIpc) is 3.28. The molecule has 0 spiro atoms. The lowest BCUT2D eigenvalue weighted by Gasteiger charge is -2.20. The van der Waals surface area contributed by atoms with E-state index in [1.54, 1.807) is 6.33 Å². The highest BCUT2D eigenvalue weighted by molar-refractivity contribution is 9.10. The highest BCUT2D eigenvalue weighted by Gasteiger charge is 2.27. The summed E-state index contributed by atoms with van der Waals surface area (Å²) in [5.74, 6) is 1.73. The molecule has 0 atom stereocenters. The number of halogens is 1. The lowest BCUT2D eigenvalue weighted by Crippen LogP contribution is -2.31. The first kappa shape index (κ1) is 15.5. The summed E-state index contributed by atoms with van der Waals surface area (Å²) in [6.45, 7) is 8.38. The van der Waals surface area contributed by atoms with Gasteiger partial charge in [0.25, 0.3) is 0 Å². The van der Waals surface area contributed by atoms with E-state index in [1.165, 1.54) is 12.8 Å². The summed E-state index contributed by atoms with van der Waals surface area (Å²) in [5, 5.41) is 6.69. The molecule has 0 aromatic carbocycles. The Hall–Kier alpha value is -0.880. The smallest absolute Gasteiger partial charge is 0.145 e. The minimum Gasteiger partial charge on any atom is -0.369 e. The highest BCUT2D eigenvalue weighted by atomic mass is 79.9. The summed E-state index contributed by atoms with van der Waals surface area (Å²) in [5.41, 5.74) is 0. The molecule has 0 bridgehead atoms. The van der Waals surface area contributed by atoms with Gasteiger partial charge in [-0.05, 0) is 41.7 Å². The van der Waals surface area contributed by atoms with E-state index in [2.05, 4.69) is 55.3 Å². The van der Waals surface area contributed by atoms with Gasteiger partial charge in [0.15, 0.2) is 0 Å². The molecule has 2 N–H and O–H groups in total. The first-order valence-corrected chi connectivity index (χ1v) is 8.27. The second-order valence-electron chi connectivity index (χ2n) is 5.10. The van der Waals surface area contributed by atoms with Gasteiger partial charge >= 0.3 is 0 Å². The molecular formula is C14H24BrN5. The standard InChI is InChI=1S/C14H24BrN5/c1-3-7-16-13-12(15)14(19-10-18-13)17-8-9-20(4-2)11-5-6-11/h10-11H,3-9H2,1-2H3,(H2,16,17,18,19). The van der Waals surface area contributed by atoms with Gasteiger partial charge in [-0.15, -0.1) is 0 Å². The van der Waals surface area contributed by atoms with Crippen LogP contribution in [-0.2, 0) is 0 Å². The highest BCUT2D eigenvalue weighted by Crippen LogP contribution is 2.27. The Labute approximate surface area is 129 Å². The summed E-state index contributed by atoms with van der Waals surface area (Å²) in [4.78, 5) is 11.1. The first-order valence-electron chi connectivity index (χ1n) is 7.48. The van der Waals surface area contributed by atoms with E-state index in [1.807, 2.05) is 0 Å². The Kier molecular flexibility index (Phi) is 6.04. The van der Waals surface area contributed by atoms with E-state index in [0.717, 1.165) is 54.8 Å². The molecule has 112 valence electrons. The topological polar surface area (TPSA) is 53.1 Å². The largest absolute Gasteiger partial charge is 0.369 e. The van der Waals surface area contributed by atoms with Crippen LogP contribution in [0.4, 0.5) is 11.6 Å². The van der Waals surface area contributed by atoms with E-state index in [9.17, 15) is 0 Å². The number of hydrogen-bond donors (Lipinski definition) is 2. The minimum absolute atomic E-state index is 0.817. The van der Waals surface area contributed by atoms with Crippen LogP contribution in [0, 0.1) is 0 Å². The molecule has 6 heteroatoms. The Morgan fingerprint density at radius 3 is 2.40 bits per heavy atom. The predicted octanol–water partition coefficient (Wildman–Crippen LogP) is 2.96. The van der Waals surface area contributed by atoms with Crippen LogP contribution in [-0.4, -0.2) is 47.1 Å². The van der Waals surface area contributed by atoms with Crippen LogP contribution in [0.5, 0.6) is 0 Å². The summed E-state index contributed by atoms with van der Waals surface area (Å²) >= 11 is 3.57. The molecule has 1 saturated carbocycles. The summed E-state index contributed by atoms with van der Waals surface area (Å²) in [6, 6.07) is 0.817. The molecule has 1 aliphatic carbocycles. The van der Waals surface area contributed by atoms with Gasteiger partial charge in [-0.1, -0.05) is 13.8 Å². The minimum atomic E-state index is 0.817. The molecule has 20 heavy (non-hydrogen) atoms. The predicted molar refractivity (Wildman–Crippen MR) is 87.3 cm³/mol. The number of anilines is 2. The van der Waals surface area contributed by atoms with Crippen LogP contribution in [0.25, 0.3) is 0 Å². The number of rotatable bonds is 9. The van der Waals surface area contributed by atoms with Crippen molar-refractivity contribution in [3.05, 3.63) is 10.8 Å². The van der Waals surface area contributed by atoms with Crippen LogP contribution < -0.4 is 10.6 Å². The normalized spacial score (nSPS) is 14.6. The van der Waals surface area contributed by atoms with Crippen molar-refractivity contribution in [2.45, 2.75) is 39.2 Å². The van der Waals surface area contributed by atoms with E-state index >= 15 is 0 Å². The van der Waals surface area contributed by atoms with E-state index in [0.29, 0.717) is 0 Å². The van der Waals surface area contributed by atoms with Gasteiger partial charge in [0, 0.05) is 25.7 Å². The van der Waals surface area contributed by atoms with Crippen LogP contribution in [0.3, 0.4) is 0 Å². The quantitative estimate of drug-likeness (QED) is 0.723. The van der Waals surface area contributed by atoms with E-state index < -0.39 is 0 Å². The number of likely N-dealkylation sites (N-methyl/N-ethyl adjacent to an activating group) is 1. The molecule has 1 aromatic heterocycles. The number of nitrogens with one attached hydrogen (secondary N) is 2. The molecule has 5 nitrogen and oxygen atoms in total. The van der Waals surface area contributed by atoms with Gasteiger partial charge in [-0.25, -0.2) is 9.97 Å². The van der Waals surface area contributed by atoms with E-state index in [-0.39, 0.29) is 0 Å². The van der Waals surface area contributed by atoms with Crippen molar-refractivity contribution >= 4 is 27.6 Å². The Morgan fingerprint density at radius 2 is 1.85 bits per heavy atom. The molecule has 0 unspecified atom stereocenters. The Morgan fingerprint density at radius 1 is 1.20 bits per heavy atom. The van der Waals surface area contributed by atoms with Crippen molar-refractivity contribution in [2.24, 2.45) is 0 Å². The number of hydrogen-bond acceptors (Lipinski definition) is 5. The fraction of sp³-hybridized carbons (Fsp3) is 0.714. The summed E-state index contributed by atoms with van der Waals surface area (Å²) in [7, 11) is 0. The maximum Gasteiger partial charge on any atom is 0.145 e. The molecule has 1 aromatic rings. The lowest BCUT2D eigenvalue weighted by atomic mass is 10.4. The molecule has 0 aliphatic heterocycles. The maximum absolute atomic E-state index is 4.30. The average molecular weight is 342 g/mol. The molecular weight excluding hydrogens is 318 g/mol. The van der Waals surface area contributed by atoms with Gasteiger partial charge in [0.05, 0.1) is 0 Å². The van der Waals surface area contributed by atoms with Crippen LogP contribution in [0.15, 0.2) is 10.8 Å². The fourth-order valence-electron chi connectivity index (χ4n) is 2.22. The van der Waals surface area contributed by atoms with Crippen molar-refractivity contribution < 1.29 is 0 Å². The lowest BCUT2D eigenvalue weighted by molar-refractivity contribution is 0.289. The van der Waals surface area contributed by atoms with Crippen molar-refractivity contribution in [3.8, 4) is 0 Å². The van der Waals surface area contributed by atoms with Gasteiger partial charge in [-0.3, -0.25) is 4.90 Å². The van der Waals surface area contributed by atoms with E-state index in [4.69, 9.17) is 0 Å². The van der Waals surface area contributed by atoms with Crippen molar-refractivity contribution in [3.63, 3.8) is 0 Å². The zero-order chi connectivity index (χ0) is 14.4. The zero-order valence-electron chi connectivity index (χ0n) is 12.3. The van der Waals surface area contributed by atoms with Crippen molar-refractivity contribution in [1.29, 1.82) is 0 Å². The van der Waals surface area contributed by atoms with Gasteiger partial charge in [0.1, 0.15) is 22.4 Å². The molecule has 0 saturated heterocycles. The third-order valence-electron chi connectivity index (χ3n) is 3.49. The molecule has 0 radical (unpaired) electrons. The van der Waals surface area contributed by atoms with Crippen LogP contribution >= 0.6 is 15.9 Å². The number of aromatic nitrogens is 2. The van der Waals surface area contributed by atoms with Crippen molar-refractivity contribution in [1.82, 2.24) is 14.9 Å².